The van der Waals surface area contributed by atoms with Crippen molar-refractivity contribution < 1.29 is 4.79 Å². The molecule has 5 rings (SSSR count). The van der Waals surface area contributed by atoms with Crippen LogP contribution in [0, 0.1) is 13.8 Å². The number of carbonyl (C=O) groups excluding carboxylic acids is 1. The molecule has 33 heavy (non-hydrogen) atoms. The molecular weight excluding hydrogens is 436 g/mol. The number of fused-ring (bicyclic) bond motifs is 1. The van der Waals surface area contributed by atoms with Gasteiger partial charge in [0.15, 0.2) is 16.9 Å². The summed E-state index contributed by atoms with van der Waals surface area (Å²) in [6.07, 6.45) is 5.86. The van der Waals surface area contributed by atoms with E-state index in [-0.39, 0.29) is 24.9 Å². The number of rotatable bonds is 6. The maximum atomic E-state index is 13.6. The van der Waals surface area contributed by atoms with Crippen molar-refractivity contribution in [2.24, 2.45) is 0 Å². The van der Waals surface area contributed by atoms with Crippen molar-refractivity contribution in [3.05, 3.63) is 84.4 Å². The molecule has 3 aromatic heterocycles. The Balaban J connectivity index is 1.68. The summed E-state index contributed by atoms with van der Waals surface area (Å²) in [5, 5.41) is 0. The van der Waals surface area contributed by atoms with Gasteiger partial charge in [0.2, 0.25) is 0 Å². The van der Waals surface area contributed by atoms with Gasteiger partial charge in [-0.15, -0.1) is 11.3 Å². The summed E-state index contributed by atoms with van der Waals surface area (Å²) in [7, 11) is 0. The molecule has 3 heterocycles. The maximum absolute atomic E-state index is 13.6. The number of ketones is 1. The van der Waals surface area contributed by atoms with E-state index in [4.69, 9.17) is 0 Å². The summed E-state index contributed by atoms with van der Waals surface area (Å²) in [5.41, 5.74) is 1.34. The van der Waals surface area contributed by atoms with Gasteiger partial charge in [-0.25, -0.2) is 9.78 Å². The molecule has 0 atom stereocenters. The summed E-state index contributed by atoms with van der Waals surface area (Å²) in [6.45, 7) is 3.83. The van der Waals surface area contributed by atoms with Crippen molar-refractivity contribution in [1.29, 1.82) is 0 Å². The fourth-order valence-corrected chi connectivity index (χ4v) is 5.79. The average molecular weight is 463 g/mol. The Morgan fingerprint density at radius 2 is 1.82 bits per heavy atom. The number of imidazole rings is 1. The second-order valence-corrected chi connectivity index (χ2v) is 10.2. The molecule has 0 bridgehead atoms. The highest BCUT2D eigenvalue weighted by atomic mass is 32.1. The minimum Gasteiger partial charge on any atom is -0.322 e. The number of aromatic nitrogens is 4. The molecule has 0 unspecified atom stereocenters. The first kappa shape index (κ1) is 21.6. The van der Waals surface area contributed by atoms with Gasteiger partial charge in [0, 0.05) is 21.4 Å². The van der Waals surface area contributed by atoms with E-state index in [1.165, 1.54) is 15.9 Å². The lowest BCUT2D eigenvalue weighted by molar-refractivity contribution is 0.0968. The summed E-state index contributed by atoms with van der Waals surface area (Å²) in [6, 6.07) is 11.6. The minimum atomic E-state index is -0.508. The third-order valence-corrected chi connectivity index (χ3v) is 7.45. The highest BCUT2D eigenvalue weighted by molar-refractivity contribution is 7.12. The van der Waals surface area contributed by atoms with Crippen molar-refractivity contribution >= 4 is 28.3 Å². The topological polar surface area (TPSA) is 78.9 Å². The van der Waals surface area contributed by atoms with Crippen molar-refractivity contribution in [2.45, 2.75) is 58.7 Å². The predicted molar refractivity (Wildman–Crippen MR) is 129 cm³/mol. The lowest BCUT2D eigenvalue weighted by Crippen LogP contribution is -2.42. The molecule has 0 amide bonds. The number of benzene rings is 1. The van der Waals surface area contributed by atoms with Crippen molar-refractivity contribution in [1.82, 2.24) is 18.7 Å². The van der Waals surface area contributed by atoms with Crippen molar-refractivity contribution in [2.75, 3.05) is 0 Å². The zero-order valence-corrected chi connectivity index (χ0v) is 19.6. The first-order valence-electron chi connectivity index (χ1n) is 11.3. The summed E-state index contributed by atoms with van der Waals surface area (Å²) >= 11 is 1.54. The number of aryl methyl sites for hydroxylation is 2. The molecule has 4 aromatic rings. The van der Waals surface area contributed by atoms with Gasteiger partial charge in [0.25, 0.3) is 5.56 Å². The van der Waals surface area contributed by atoms with Crippen LogP contribution in [0.25, 0.3) is 11.2 Å². The number of Topliss-reactive ketones (excluding diaryl/α,β-unsaturated/α-hetero) is 1. The molecule has 0 radical (unpaired) electrons. The maximum Gasteiger partial charge on any atom is 0.333 e. The molecule has 1 aliphatic carbocycles. The van der Waals surface area contributed by atoms with E-state index in [9.17, 15) is 14.4 Å². The summed E-state index contributed by atoms with van der Waals surface area (Å²) in [4.78, 5) is 46.7. The number of thiophene rings is 1. The average Bonchev–Trinajstić information content (AvgIpc) is 3.54. The molecule has 7 nitrogen and oxygen atoms in total. The van der Waals surface area contributed by atoms with Crippen LogP contribution in [-0.2, 0) is 13.1 Å². The number of nitrogens with zero attached hydrogens (tertiary/aromatic N) is 4. The highest BCUT2D eigenvalue weighted by Crippen LogP contribution is 2.31. The predicted octanol–water partition coefficient (Wildman–Crippen LogP) is 4.08. The fourth-order valence-electron chi connectivity index (χ4n) is 4.85. The molecule has 170 valence electrons. The minimum absolute atomic E-state index is 0.191. The van der Waals surface area contributed by atoms with Gasteiger partial charge >= 0.3 is 5.69 Å². The summed E-state index contributed by atoms with van der Waals surface area (Å²) < 4.78 is 4.54. The fraction of sp³-hybridized carbons (Fsp3) is 0.360. The Morgan fingerprint density at radius 3 is 2.48 bits per heavy atom. The zero-order valence-electron chi connectivity index (χ0n) is 18.8. The van der Waals surface area contributed by atoms with Gasteiger partial charge < -0.3 is 4.57 Å². The van der Waals surface area contributed by atoms with Crippen LogP contribution in [0.5, 0.6) is 0 Å². The van der Waals surface area contributed by atoms with Crippen LogP contribution >= 0.6 is 11.3 Å². The lowest BCUT2D eigenvalue weighted by Gasteiger charge is -2.15. The van der Waals surface area contributed by atoms with Crippen LogP contribution < -0.4 is 11.2 Å². The Bertz CT molecular complexity index is 1450. The first-order chi connectivity index (χ1) is 15.9. The van der Waals surface area contributed by atoms with Crippen LogP contribution in [0.1, 0.15) is 57.4 Å². The molecule has 1 saturated carbocycles. The molecule has 0 aliphatic heterocycles. The van der Waals surface area contributed by atoms with Crippen LogP contribution in [0.2, 0.25) is 0 Å². The molecule has 8 heteroatoms. The smallest absolute Gasteiger partial charge is 0.322 e. The monoisotopic (exact) mass is 462 g/mol. The number of hydrogen-bond acceptors (Lipinski definition) is 5. The normalized spacial score (nSPS) is 14.4. The molecule has 0 saturated heterocycles. The van der Waals surface area contributed by atoms with E-state index in [1.807, 2.05) is 54.8 Å². The zero-order chi connectivity index (χ0) is 23.1. The Labute approximate surface area is 194 Å². The van der Waals surface area contributed by atoms with Gasteiger partial charge in [0.1, 0.15) is 0 Å². The summed E-state index contributed by atoms with van der Waals surface area (Å²) in [5.74, 6) is -0.228. The Kier molecular flexibility index (Phi) is 5.62. The number of carbonyl (C=O) groups is 1. The third-order valence-electron chi connectivity index (χ3n) is 6.48. The van der Waals surface area contributed by atoms with Gasteiger partial charge in [-0.1, -0.05) is 43.2 Å². The van der Waals surface area contributed by atoms with Crippen molar-refractivity contribution in [3.8, 4) is 0 Å². The lowest BCUT2D eigenvalue weighted by atomic mass is 10.1. The molecule has 0 N–H and O–H groups in total. The van der Waals surface area contributed by atoms with Gasteiger partial charge in [-0.05, 0) is 38.3 Å². The second kappa shape index (κ2) is 8.59. The standard InChI is InChI=1S/C25H26N4O3S/c1-16-12-20(17(2)33-16)21(30)14-28-24(31)22-23(26-15-29(22)19-10-6-7-11-19)27(25(28)32)13-18-8-4-3-5-9-18/h3-5,8-9,12,15,19H,6-7,10-11,13-14H2,1-2H3. The second-order valence-electron chi connectivity index (χ2n) is 8.76. The molecule has 1 aromatic carbocycles. The van der Waals surface area contributed by atoms with Gasteiger partial charge in [0.05, 0.1) is 19.4 Å². The van der Waals surface area contributed by atoms with Crippen LogP contribution in [0.15, 0.2) is 52.3 Å². The molecule has 1 fully saturated rings. The Morgan fingerprint density at radius 1 is 1.09 bits per heavy atom. The van der Waals surface area contributed by atoms with E-state index in [0.717, 1.165) is 45.6 Å². The van der Waals surface area contributed by atoms with Crippen LogP contribution in [0.3, 0.4) is 0 Å². The SMILES string of the molecule is Cc1cc(C(=O)Cn2c(=O)c3c(ncn3C3CCCC3)n(Cc3ccccc3)c2=O)c(C)s1. The van der Waals surface area contributed by atoms with E-state index in [0.29, 0.717) is 16.7 Å². The highest BCUT2D eigenvalue weighted by Gasteiger charge is 2.25. The van der Waals surface area contributed by atoms with Crippen LogP contribution in [-0.4, -0.2) is 24.5 Å². The largest absolute Gasteiger partial charge is 0.333 e. The molecular formula is C25H26N4O3S. The molecule has 0 spiro atoms. The van der Waals surface area contributed by atoms with E-state index in [1.54, 1.807) is 6.33 Å². The van der Waals surface area contributed by atoms with Gasteiger partial charge in [-0.2, -0.15) is 0 Å². The third kappa shape index (κ3) is 3.88. The first-order valence-corrected chi connectivity index (χ1v) is 12.1. The van der Waals surface area contributed by atoms with Crippen LogP contribution in [0.4, 0.5) is 0 Å². The van der Waals surface area contributed by atoms with Crippen molar-refractivity contribution in [3.63, 3.8) is 0 Å². The van der Waals surface area contributed by atoms with E-state index >= 15 is 0 Å². The van der Waals surface area contributed by atoms with Gasteiger partial charge in [-0.3, -0.25) is 18.7 Å². The Hall–Kier alpha value is -3.26. The molecule has 1 aliphatic rings. The number of hydrogen-bond donors (Lipinski definition) is 0. The quantitative estimate of drug-likeness (QED) is 0.405. The van der Waals surface area contributed by atoms with E-state index in [2.05, 4.69) is 4.98 Å². The van der Waals surface area contributed by atoms with E-state index < -0.39 is 11.2 Å².